The van der Waals surface area contributed by atoms with E-state index in [1.54, 1.807) is 19.1 Å². The van der Waals surface area contributed by atoms with Gasteiger partial charge in [-0.3, -0.25) is 0 Å². The number of hydrogen-bond donors (Lipinski definition) is 1. The third-order valence-corrected chi connectivity index (χ3v) is 8.62. The van der Waals surface area contributed by atoms with E-state index in [1.807, 2.05) is 0 Å². The molecule has 1 fully saturated rings. The minimum Gasteiger partial charge on any atom is -0.335 e. The standard InChI is InChI=1S/C15H19ClN4O4S2/c1-12-13(16)4-2-5-14(12)25(21,22)19-6-3-7-20(9-8-19)26(23,24)15-10-17-11-18-15/h2,4-5,10-11H,3,6-9H2,1H3,(H,17,18). The van der Waals surface area contributed by atoms with Gasteiger partial charge in [-0.1, -0.05) is 17.7 Å². The number of imidazole rings is 1. The van der Waals surface area contributed by atoms with Crippen LogP contribution in [0.1, 0.15) is 12.0 Å². The van der Waals surface area contributed by atoms with Gasteiger partial charge >= 0.3 is 0 Å². The van der Waals surface area contributed by atoms with Gasteiger partial charge in [-0.25, -0.2) is 21.8 Å². The fraction of sp³-hybridized carbons (Fsp3) is 0.400. The molecule has 8 nitrogen and oxygen atoms in total. The van der Waals surface area contributed by atoms with Crippen LogP contribution in [0.25, 0.3) is 0 Å². The number of halogens is 1. The normalized spacial score (nSPS) is 17.9. The first kappa shape index (κ1) is 19.3. The van der Waals surface area contributed by atoms with Crippen molar-refractivity contribution in [2.24, 2.45) is 0 Å². The Morgan fingerprint density at radius 2 is 1.69 bits per heavy atom. The molecule has 0 spiro atoms. The molecule has 3 rings (SSSR count). The average Bonchev–Trinajstić information content (AvgIpc) is 3.01. The van der Waals surface area contributed by atoms with Crippen molar-refractivity contribution in [1.29, 1.82) is 0 Å². The Morgan fingerprint density at radius 3 is 2.31 bits per heavy atom. The first-order chi connectivity index (χ1) is 12.2. The highest BCUT2D eigenvalue weighted by Gasteiger charge is 2.33. The maximum Gasteiger partial charge on any atom is 0.260 e. The Kier molecular flexibility index (Phi) is 5.40. The van der Waals surface area contributed by atoms with Crippen LogP contribution in [0.3, 0.4) is 0 Å². The highest BCUT2D eigenvalue weighted by Crippen LogP contribution is 2.26. The van der Waals surface area contributed by atoms with Crippen molar-refractivity contribution < 1.29 is 16.8 Å². The maximum atomic E-state index is 13.0. The van der Waals surface area contributed by atoms with Gasteiger partial charge in [-0.05, 0) is 31.0 Å². The monoisotopic (exact) mass is 418 g/mol. The number of hydrogen-bond acceptors (Lipinski definition) is 5. The van der Waals surface area contributed by atoms with E-state index in [0.29, 0.717) is 17.0 Å². The van der Waals surface area contributed by atoms with E-state index in [1.165, 1.54) is 27.2 Å². The lowest BCUT2D eigenvalue weighted by Crippen LogP contribution is -2.37. The second-order valence-corrected chi connectivity index (χ2v) is 10.2. The van der Waals surface area contributed by atoms with Crippen LogP contribution >= 0.6 is 11.6 Å². The zero-order valence-electron chi connectivity index (χ0n) is 14.1. The summed E-state index contributed by atoms with van der Waals surface area (Å²) in [5.74, 6) is 0. The Morgan fingerprint density at radius 1 is 1.04 bits per heavy atom. The van der Waals surface area contributed by atoms with Crippen LogP contribution in [-0.4, -0.2) is 61.6 Å². The van der Waals surface area contributed by atoms with Gasteiger partial charge in [0.05, 0.1) is 17.4 Å². The lowest BCUT2D eigenvalue weighted by atomic mass is 10.2. The van der Waals surface area contributed by atoms with Crippen LogP contribution in [0.4, 0.5) is 0 Å². The lowest BCUT2D eigenvalue weighted by molar-refractivity contribution is 0.403. The van der Waals surface area contributed by atoms with E-state index >= 15 is 0 Å². The lowest BCUT2D eigenvalue weighted by Gasteiger charge is -2.22. The zero-order valence-corrected chi connectivity index (χ0v) is 16.5. The molecule has 2 aromatic rings. The van der Waals surface area contributed by atoms with Crippen LogP contribution in [-0.2, 0) is 20.0 Å². The highest BCUT2D eigenvalue weighted by atomic mass is 35.5. The Bertz CT molecular complexity index is 991. The average molecular weight is 419 g/mol. The summed E-state index contributed by atoms with van der Waals surface area (Å²) in [7, 11) is -7.47. The first-order valence-corrected chi connectivity index (χ1v) is 11.2. The minimum atomic E-state index is -3.75. The number of aromatic amines is 1. The zero-order chi connectivity index (χ0) is 18.9. The topological polar surface area (TPSA) is 103 Å². The Labute approximate surface area is 157 Å². The van der Waals surface area contributed by atoms with Gasteiger partial charge in [0.1, 0.15) is 0 Å². The van der Waals surface area contributed by atoms with E-state index in [0.717, 1.165) is 0 Å². The molecule has 0 radical (unpaired) electrons. The summed E-state index contributed by atoms with van der Waals surface area (Å²) in [5.41, 5.74) is 0.486. The molecule has 1 aromatic carbocycles. The third-order valence-electron chi connectivity index (χ3n) is 4.34. The summed E-state index contributed by atoms with van der Waals surface area (Å²) >= 11 is 6.05. The molecular weight excluding hydrogens is 400 g/mol. The van der Waals surface area contributed by atoms with Crippen LogP contribution < -0.4 is 0 Å². The van der Waals surface area contributed by atoms with Crippen molar-refractivity contribution in [3.8, 4) is 0 Å². The van der Waals surface area contributed by atoms with Gasteiger partial charge in [-0.15, -0.1) is 0 Å². The summed E-state index contributed by atoms with van der Waals surface area (Å²) in [6.07, 6.45) is 2.93. The van der Waals surface area contributed by atoms with E-state index in [2.05, 4.69) is 9.97 Å². The summed E-state index contributed by atoms with van der Waals surface area (Å²) in [6, 6.07) is 4.74. The largest absolute Gasteiger partial charge is 0.335 e. The maximum absolute atomic E-state index is 13.0. The number of benzene rings is 1. The number of aromatic nitrogens is 2. The van der Waals surface area contributed by atoms with Crippen molar-refractivity contribution in [3.05, 3.63) is 41.3 Å². The predicted octanol–water partition coefficient (Wildman–Crippen LogP) is 1.46. The molecule has 0 bridgehead atoms. The molecule has 0 amide bonds. The molecule has 1 aliphatic rings. The summed E-state index contributed by atoms with van der Waals surface area (Å²) in [4.78, 5) is 6.48. The number of sulfonamides is 2. The van der Waals surface area contributed by atoms with E-state index < -0.39 is 20.0 Å². The SMILES string of the molecule is Cc1c(Cl)cccc1S(=O)(=O)N1CCCN(S(=O)(=O)c2cnc[nH]2)CC1. The van der Waals surface area contributed by atoms with Crippen molar-refractivity contribution in [3.63, 3.8) is 0 Å². The van der Waals surface area contributed by atoms with Crippen LogP contribution in [0, 0.1) is 6.92 Å². The quantitative estimate of drug-likeness (QED) is 0.809. The smallest absolute Gasteiger partial charge is 0.260 e. The van der Waals surface area contributed by atoms with Gasteiger partial charge in [0.15, 0.2) is 5.03 Å². The van der Waals surface area contributed by atoms with Gasteiger partial charge < -0.3 is 4.98 Å². The number of nitrogens with one attached hydrogen (secondary N) is 1. The molecule has 1 aromatic heterocycles. The summed E-state index contributed by atoms with van der Waals surface area (Å²) in [6.45, 7) is 2.27. The molecule has 11 heteroatoms. The third kappa shape index (κ3) is 3.52. The second-order valence-electron chi connectivity index (χ2n) is 5.94. The van der Waals surface area contributed by atoms with Gasteiger partial charge in [0.2, 0.25) is 10.0 Å². The van der Waals surface area contributed by atoms with E-state index in [-0.39, 0.29) is 36.1 Å². The van der Waals surface area contributed by atoms with Crippen LogP contribution in [0.15, 0.2) is 40.6 Å². The summed E-state index contributed by atoms with van der Waals surface area (Å²) < 4.78 is 53.7. The fourth-order valence-electron chi connectivity index (χ4n) is 2.88. The number of nitrogens with zero attached hydrogens (tertiary/aromatic N) is 3. The molecular formula is C15H19ClN4O4S2. The molecule has 1 N–H and O–H groups in total. The van der Waals surface area contributed by atoms with Crippen molar-refractivity contribution >= 4 is 31.6 Å². The first-order valence-electron chi connectivity index (χ1n) is 7.98. The molecule has 0 aliphatic carbocycles. The van der Waals surface area contributed by atoms with Crippen molar-refractivity contribution in [2.45, 2.75) is 23.3 Å². The van der Waals surface area contributed by atoms with Crippen molar-refractivity contribution in [2.75, 3.05) is 26.2 Å². The summed E-state index contributed by atoms with van der Waals surface area (Å²) in [5, 5.41) is 0.379. The molecule has 2 heterocycles. The molecule has 0 unspecified atom stereocenters. The molecule has 26 heavy (non-hydrogen) atoms. The fourth-order valence-corrected chi connectivity index (χ4v) is 6.19. The Hall–Kier alpha value is -1.46. The molecule has 1 aliphatic heterocycles. The number of rotatable bonds is 4. The minimum absolute atomic E-state index is 0.000470. The Balaban J connectivity index is 1.84. The van der Waals surface area contributed by atoms with Crippen LogP contribution in [0.2, 0.25) is 5.02 Å². The predicted molar refractivity (Wildman–Crippen MR) is 96.9 cm³/mol. The van der Waals surface area contributed by atoms with Crippen LogP contribution in [0.5, 0.6) is 0 Å². The van der Waals surface area contributed by atoms with E-state index in [4.69, 9.17) is 11.6 Å². The highest BCUT2D eigenvalue weighted by molar-refractivity contribution is 7.89. The van der Waals surface area contributed by atoms with Gasteiger partial charge in [0, 0.05) is 31.2 Å². The second kappa shape index (κ2) is 7.28. The van der Waals surface area contributed by atoms with Gasteiger partial charge in [0.25, 0.3) is 10.0 Å². The molecule has 0 saturated carbocycles. The van der Waals surface area contributed by atoms with E-state index in [9.17, 15) is 16.8 Å². The van der Waals surface area contributed by atoms with Crippen molar-refractivity contribution in [1.82, 2.24) is 18.6 Å². The molecule has 0 atom stereocenters. The number of H-pyrrole nitrogens is 1. The molecule has 142 valence electrons. The molecule has 1 saturated heterocycles. The van der Waals surface area contributed by atoms with Gasteiger partial charge in [-0.2, -0.15) is 8.61 Å².